The van der Waals surface area contributed by atoms with Gasteiger partial charge in [0.1, 0.15) is 5.82 Å². The molecule has 0 saturated heterocycles. The van der Waals surface area contributed by atoms with E-state index in [1.807, 2.05) is 0 Å². The first kappa shape index (κ1) is 13.5. The van der Waals surface area contributed by atoms with Crippen LogP contribution in [0.25, 0.3) is 11.2 Å². The second-order valence-electron chi connectivity index (χ2n) is 5.54. The summed E-state index contributed by atoms with van der Waals surface area (Å²) in [5.74, 6) is 0.836. The quantitative estimate of drug-likeness (QED) is 0.626. The molecule has 0 radical (unpaired) electrons. The zero-order chi connectivity index (χ0) is 14.0. The largest absolute Gasteiger partial charge is 0.369 e. The molecule has 0 aliphatic carbocycles. The average Bonchev–Trinajstić information content (AvgIpc) is 2.70. The topological polar surface area (TPSA) is 126 Å². The van der Waals surface area contributed by atoms with Gasteiger partial charge in [0.2, 0.25) is 5.95 Å². The number of aromatic nitrogens is 4. The summed E-state index contributed by atoms with van der Waals surface area (Å²) in [6.07, 6.45) is 2.65. The number of aryl methyl sites for hydroxylation is 1. The van der Waals surface area contributed by atoms with Crippen LogP contribution in [0, 0.1) is 5.41 Å². The lowest BCUT2D eigenvalue weighted by molar-refractivity contribution is 0.311. The van der Waals surface area contributed by atoms with Gasteiger partial charge in [-0.1, -0.05) is 13.8 Å². The van der Waals surface area contributed by atoms with E-state index >= 15 is 0 Å². The molecular formula is C12H20N6O. The molecular weight excluding hydrogens is 244 g/mol. The third kappa shape index (κ3) is 3.11. The van der Waals surface area contributed by atoms with Gasteiger partial charge in [0.25, 0.3) is 5.56 Å². The SMILES string of the molecule is CC(C)(CCN)CCc1nc2nc(N)[nH]c(=O)c2[nH]1. The van der Waals surface area contributed by atoms with Crippen LogP contribution in [0.3, 0.4) is 0 Å². The Labute approximate surface area is 110 Å². The van der Waals surface area contributed by atoms with Gasteiger partial charge in [-0.2, -0.15) is 4.98 Å². The molecule has 19 heavy (non-hydrogen) atoms. The molecule has 104 valence electrons. The fourth-order valence-electron chi connectivity index (χ4n) is 2.06. The monoisotopic (exact) mass is 264 g/mol. The number of anilines is 1. The van der Waals surface area contributed by atoms with E-state index in [4.69, 9.17) is 11.5 Å². The van der Waals surface area contributed by atoms with E-state index in [2.05, 4.69) is 33.8 Å². The van der Waals surface area contributed by atoms with E-state index < -0.39 is 0 Å². The zero-order valence-corrected chi connectivity index (χ0v) is 11.3. The van der Waals surface area contributed by atoms with Gasteiger partial charge >= 0.3 is 0 Å². The smallest absolute Gasteiger partial charge is 0.278 e. The summed E-state index contributed by atoms with van der Waals surface area (Å²) in [5.41, 5.74) is 11.7. The van der Waals surface area contributed by atoms with E-state index in [-0.39, 0.29) is 16.9 Å². The minimum absolute atomic E-state index is 0.0824. The van der Waals surface area contributed by atoms with Crippen LogP contribution in [-0.4, -0.2) is 26.5 Å². The first-order valence-electron chi connectivity index (χ1n) is 6.36. The minimum atomic E-state index is -0.289. The molecule has 2 aromatic heterocycles. The molecule has 7 nitrogen and oxygen atoms in total. The molecule has 0 aromatic carbocycles. The van der Waals surface area contributed by atoms with E-state index in [0.29, 0.717) is 17.7 Å². The predicted molar refractivity (Wildman–Crippen MR) is 74.7 cm³/mol. The molecule has 0 bridgehead atoms. The van der Waals surface area contributed by atoms with Gasteiger partial charge in [-0.05, 0) is 24.8 Å². The Morgan fingerprint density at radius 3 is 2.63 bits per heavy atom. The lowest BCUT2D eigenvalue weighted by Gasteiger charge is -2.22. The van der Waals surface area contributed by atoms with Crippen molar-refractivity contribution in [2.45, 2.75) is 33.1 Å². The average molecular weight is 264 g/mol. The van der Waals surface area contributed by atoms with Gasteiger partial charge in [-0.15, -0.1) is 0 Å². The van der Waals surface area contributed by atoms with Crippen molar-refractivity contribution in [1.29, 1.82) is 0 Å². The number of rotatable bonds is 5. The third-order valence-corrected chi connectivity index (χ3v) is 3.29. The Hall–Kier alpha value is -1.89. The first-order chi connectivity index (χ1) is 8.91. The van der Waals surface area contributed by atoms with Crippen molar-refractivity contribution in [3.63, 3.8) is 0 Å². The minimum Gasteiger partial charge on any atom is -0.369 e. The Balaban J connectivity index is 2.19. The van der Waals surface area contributed by atoms with E-state index in [1.54, 1.807) is 0 Å². The Morgan fingerprint density at radius 1 is 1.21 bits per heavy atom. The second-order valence-corrected chi connectivity index (χ2v) is 5.54. The summed E-state index contributed by atoms with van der Waals surface area (Å²) in [5, 5.41) is 0. The van der Waals surface area contributed by atoms with Crippen LogP contribution in [0.4, 0.5) is 5.95 Å². The summed E-state index contributed by atoms with van der Waals surface area (Å²) in [6, 6.07) is 0. The van der Waals surface area contributed by atoms with Crippen LogP contribution in [0.2, 0.25) is 0 Å². The van der Waals surface area contributed by atoms with Crippen LogP contribution in [0.5, 0.6) is 0 Å². The van der Waals surface area contributed by atoms with Crippen molar-refractivity contribution in [2.24, 2.45) is 11.1 Å². The molecule has 2 heterocycles. The van der Waals surface area contributed by atoms with Gasteiger partial charge in [0.15, 0.2) is 11.2 Å². The molecule has 0 saturated carbocycles. The molecule has 0 fully saturated rings. The van der Waals surface area contributed by atoms with Crippen LogP contribution in [0.1, 0.15) is 32.5 Å². The Morgan fingerprint density at radius 2 is 1.95 bits per heavy atom. The number of nitrogens with two attached hydrogens (primary N) is 2. The summed E-state index contributed by atoms with van der Waals surface area (Å²) >= 11 is 0. The number of nitrogen functional groups attached to an aromatic ring is 1. The summed E-state index contributed by atoms with van der Waals surface area (Å²) in [4.78, 5) is 25.4. The third-order valence-electron chi connectivity index (χ3n) is 3.29. The molecule has 2 rings (SSSR count). The standard InChI is InChI=1S/C12H20N6O/c1-12(2,5-6-13)4-3-7-15-8-9(16-7)17-11(14)18-10(8)19/h3-6,13H2,1-2H3,(H4,14,15,16,17,18,19). The van der Waals surface area contributed by atoms with Crippen molar-refractivity contribution in [3.8, 4) is 0 Å². The van der Waals surface area contributed by atoms with Gasteiger partial charge < -0.3 is 16.5 Å². The number of nitrogens with one attached hydrogen (secondary N) is 2. The van der Waals surface area contributed by atoms with Gasteiger partial charge in [0.05, 0.1) is 0 Å². The van der Waals surface area contributed by atoms with Crippen molar-refractivity contribution in [1.82, 2.24) is 19.9 Å². The van der Waals surface area contributed by atoms with E-state index in [9.17, 15) is 4.79 Å². The maximum absolute atomic E-state index is 11.7. The van der Waals surface area contributed by atoms with Crippen molar-refractivity contribution in [3.05, 3.63) is 16.2 Å². The highest BCUT2D eigenvalue weighted by molar-refractivity contribution is 5.70. The van der Waals surface area contributed by atoms with Crippen LogP contribution in [0.15, 0.2) is 4.79 Å². The number of hydrogen-bond acceptors (Lipinski definition) is 5. The van der Waals surface area contributed by atoms with Gasteiger partial charge in [0, 0.05) is 6.42 Å². The van der Waals surface area contributed by atoms with Crippen LogP contribution < -0.4 is 17.0 Å². The first-order valence-corrected chi connectivity index (χ1v) is 6.36. The maximum Gasteiger partial charge on any atom is 0.278 e. The fraction of sp³-hybridized carbons (Fsp3) is 0.583. The summed E-state index contributed by atoms with van der Waals surface area (Å²) in [7, 11) is 0. The number of nitrogens with zero attached hydrogens (tertiary/aromatic N) is 2. The van der Waals surface area contributed by atoms with E-state index in [1.165, 1.54) is 0 Å². The second kappa shape index (κ2) is 5.00. The molecule has 0 amide bonds. The molecule has 0 aliphatic rings. The number of H-pyrrole nitrogens is 2. The molecule has 2 aromatic rings. The molecule has 6 N–H and O–H groups in total. The number of hydrogen-bond donors (Lipinski definition) is 4. The van der Waals surface area contributed by atoms with Crippen LogP contribution in [-0.2, 0) is 6.42 Å². The zero-order valence-electron chi connectivity index (χ0n) is 11.3. The van der Waals surface area contributed by atoms with Crippen molar-refractivity contribution in [2.75, 3.05) is 12.3 Å². The number of aromatic amines is 2. The number of imidazole rings is 1. The molecule has 0 atom stereocenters. The fourth-order valence-corrected chi connectivity index (χ4v) is 2.06. The Bertz CT molecular complexity index is 627. The van der Waals surface area contributed by atoms with Crippen molar-refractivity contribution >= 4 is 17.1 Å². The lowest BCUT2D eigenvalue weighted by atomic mass is 9.84. The molecule has 0 aliphatic heterocycles. The lowest BCUT2D eigenvalue weighted by Crippen LogP contribution is -2.18. The highest BCUT2D eigenvalue weighted by Gasteiger charge is 2.18. The normalized spacial score (nSPS) is 12.2. The predicted octanol–water partition coefficient (Wildman–Crippen LogP) is 0.536. The highest BCUT2D eigenvalue weighted by atomic mass is 16.1. The Kier molecular flexibility index (Phi) is 3.57. The molecule has 7 heteroatoms. The van der Waals surface area contributed by atoms with Crippen LogP contribution >= 0.6 is 0 Å². The van der Waals surface area contributed by atoms with E-state index in [0.717, 1.165) is 25.1 Å². The van der Waals surface area contributed by atoms with Gasteiger partial charge in [-0.25, -0.2) is 4.98 Å². The summed E-state index contributed by atoms with van der Waals surface area (Å²) in [6.45, 7) is 5.02. The molecule has 0 spiro atoms. The summed E-state index contributed by atoms with van der Waals surface area (Å²) < 4.78 is 0. The molecule has 0 unspecified atom stereocenters. The maximum atomic E-state index is 11.7. The number of fused-ring (bicyclic) bond motifs is 1. The van der Waals surface area contributed by atoms with Gasteiger partial charge in [-0.3, -0.25) is 9.78 Å². The highest BCUT2D eigenvalue weighted by Crippen LogP contribution is 2.25. The van der Waals surface area contributed by atoms with Crippen molar-refractivity contribution < 1.29 is 0 Å².